The van der Waals surface area contributed by atoms with Gasteiger partial charge in [0.2, 0.25) is 0 Å². The van der Waals surface area contributed by atoms with Crippen molar-refractivity contribution in [2.24, 2.45) is 0 Å². The van der Waals surface area contributed by atoms with Crippen LogP contribution in [0.15, 0.2) is 91.4 Å². The first-order chi connectivity index (χ1) is 15.3. The summed E-state index contributed by atoms with van der Waals surface area (Å²) >= 11 is 5.80. The van der Waals surface area contributed by atoms with E-state index in [4.69, 9.17) is 17.0 Å². The molecular weight excluding hydrogens is 406 g/mol. The molecule has 2 atom stereocenters. The SMILES string of the molecule is COc1ccc(N2C(=S)N[C@H](c3ccccn3)[C@@H]2c2cccn2-c2ccccn2)cc1. The molecule has 4 aromatic rings. The van der Waals surface area contributed by atoms with E-state index in [2.05, 4.69) is 30.8 Å². The van der Waals surface area contributed by atoms with Crippen LogP contribution in [0.1, 0.15) is 23.5 Å². The van der Waals surface area contributed by atoms with Crippen molar-refractivity contribution in [3.63, 3.8) is 0 Å². The van der Waals surface area contributed by atoms with Gasteiger partial charge >= 0.3 is 0 Å². The third kappa shape index (κ3) is 3.53. The number of aromatic nitrogens is 3. The van der Waals surface area contributed by atoms with Gasteiger partial charge in [-0.3, -0.25) is 4.98 Å². The maximum Gasteiger partial charge on any atom is 0.174 e. The lowest BCUT2D eigenvalue weighted by molar-refractivity contribution is 0.415. The number of ether oxygens (including phenoxy) is 1. The van der Waals surface area contributed by atoms with Crippen LogP contribution in [0.25, 0.3) is 5.82 Å². The summed E-state index contributed by atoms with van der Waals surface area (Å²) < 4.78 is 7.44. The van der Waals surface area contributed by atoms with Gasteiger partial charge in [0.25, 0.3) is 0 Å². The van der Waals surface area contributed by atoms with Crippen LogP contribution < -0.4 is 15.0 Å². The van der Waals surface area contributed by atoms with Crippen molar-refractivity contribution in [3.8, 4) is 11.6 Å². The molecule has 0 spiro atoms. The summed E-state index contributed by atoms with van der Waals surface area (Å²) in [5.74, 6) is 1.66. The van der Waals surface area contributed by atoms with Crippen LogP contribution in [0.4, 0.5) is 5.69 Å². The van der Waals surface area contributed by atoms with Gasteiger partial charge in [0.05, 0.1) is 18.8 Å². The molecule has 3 aromatic heterocycles. The van der Waals surface area contributed by atoms with Crippen LogP contribution in [-0.4, -0.2) is 26.8 Å². The van der Waals surface area contributed by atoms with E-state index in [9.17, 15) is 0 Å². The van der Waals surface area contributed by atoms with E-state index in [0.717, 1.165) is 28.6 Å². The number of methoxy groups -OCH3 is 1. The molecule has 31 heavy (non-hydrogen) atoms. The minimum atomic E-state index is -0.118. The topological polar surface area (TPSA) is 55.2 Å². The fourth-order valence-corrected chi connectivity index (χ4v) is 4.36. The largest absolute Gasteiger partial charge is 0.497 e. The van der Waals surface area contributed by atoms with Crippen molar-refractivity contribution in [3.05, 3.63) is 103 Å². The Kier molecular flexibility index (Phi) is 5.09. The zero-order valence-corrected chi connectivity index (χ0v) is 17.7. The molecule has 0 saturated carbocycles. The van der Waals surface area contributed by atoms with E-state index >= 15 is 0 Å². The molecule has 1 aromatic carbocycles. The molecule has 1 aliphatic heterocycles. The summed E-state index contributed by atoms with van der Waals surface area (Å²) in [6.45, 7) is 0. The summed E-state index contributed by atoms with van der Waals surface area (Å²) in [6, 6.07) is 23.7. The molecule has 0 unspecified atom stereocenters. The molecule has 1 N–H and O–H groups in total. The molecular formula is C24H21N5OS. The van der Waals surface area contributed by atoms with Gasteiger partial charge in [-0.05, 0) is 72.9 Å². The second-order valence-electron chi connectivity index (χ2n) is 7.19. The predicted molar refractivity (Wildman–Crippen MR) is 124 cm³/mol. The van der Waals surface area contributed by atoms with E-state index in [1.54, 1.807) is 13.3 Å². The smallest absolute Gasteiger partial charge is 0.174 e. The van der Waals surface area contributed by atoms with Crippen molar-refractivity contribution in [1.82, 2.24) is 19.9 Å². The minimum Gasteiger partial charge on any atom is -0.497 e. The average Bonchev–Trinajstić information content (AvgIpc) is 3.44. The lowest BCUT2D eigenvalue weighted by atomic mass is 10.0. The highest BCUT2D eigenvalue weighted by molar-refractivity contribution is 7.80. The summed E-state index contributed by atoms with van der Waals surface area (Å²) in [7, 11) is 1.66. The number of anilines is 1. The number of pyridine rings is 2. The monoisotopic (exact) mass is 427 g/mol. The van der Waals surface area contributed by atoms with Crippen molar-refractivity contribution < 1.29 is 4.74 Å². The number of nitrogens with zero attached hydrogens (tertiary/aromatic N) is 4. The van der Waals surface area contributed by atoms with E-state index < -0.39 is 0 Å². The van der Waals surface area contributed by atoms with Gasteiger partial charge in [-0.15, -0.1) is 0 Å². The number of thiocarbonyl (C=S) groups is 1. The molecule has 1 saturated heterocycles. The second kappa shape index (κ2) is 8.20. The molecule has 5 rings (SSSR count). The maximum atomic E-state index is 5.80. The highest BCUT2D eigenvalue weighted by Crippen LogP contribution is 2.42. The third-order valence-corrected chi connectivity index (χ3v) is 5.74. The average molecular weight is 428 g/mol. The van der Waals surface area contributed by atoms with Gasteiger partial charge in [-0.2, -0.15) is 0 Å². The number of benzene rings is 1. The summed E-state index contributed by atoms with van der Waals surface area (Å²) in [6.07, 6.45) is 5.64. The quantitative estimate of drug-likeness (QED) is 0.475. The fraction of sp³-hybridized carbons (Fsp3) is 0.125. The van der Waals surface area contributed by atoms with Crippen LogP contribution in [0.2, 0.25) is 0 Å². The zero-order valence-electron chi connectivity index (χ0n) is 16.9. The van der Waals surface area contributed by atoms with Crippen molar-refractivity contribution in [2.45, 2.75) is 12.1 Å². The highest BCUT2D eigenvalue weighted by Gasteiger charge is 2.42. The Bertz CT molecular complexity index is 1180. The third-order valence-electron chi connectivity index (χ3n) is 5.43. The lowest BCUT2D eigenvalue weighted by Gasteiger charge is -2.28. The van der Waals surface area contributed by atoms with Crippen LogP contribution in [0.5, 0.6) is 5.75 Å². The van der Waals surface area contributed by atoms with Crippen molar-refractivity contribution in [2.75, 3.05) is 12.0 Å². The normalized spacial score (nSPS) is 18.1. The summed E-state index contributed by atoms with van der Waals surface area (Å²) in [4.78, 5) is 11.3. The Morgan fingerprint density at radius 3 is 2.35 bits per heavy atom. The Balaban J connectivity index is 1.65. The van der Waals surface area contributed by atoms with Gasteiger partial charge in [0, 0.05) is 30.0 Å². The standard InChI is InChI=1S/C24H21N5OS/c1-30-18-12-10-17(11-13-18)29-23(22(27-24(29)31)19-7-2-4-14-25-19)20-8-6-16-28(20)21-9-3-5-15-26-21/h2-16,22-23H,1H3,(H,27,31)/t22-,23+/m1/s1. The van der Waals surface area contributed by atoms with Crippen molar-refractivity contribution >= 4 is 23.0 Å². The predicted octanol–water partition coefficient (Wildman–Crippen LogP) is 4.45. The van der Waals surface area contributed by atoms with Crippen LogP contribution in [0.3, 0.4) is 0 Å². The molecule has 4 heterocycles. The van der Waals surface area contributed by atoms with Gasteiger partial charge in [-0.1, -0.05) is 12.1 Å². The number of rotatable bonds is 5. The number of hydrogen-bond donors (Lipinski definition) is 1. The Morgan fingerprint density at radius 2 is 1.68 bits per heavy atom. The highest BCUT2D eigenvalue weighted by atomic mass is 32.1. The molecule has 1 aliphatic rings. The summed E-state index contributed by atoms with van der Waals surface area (Å²) in [5, 5.41) is 4.15. The van der Waals surface area contributed by atoms with E-state index in [-0.39, 0.29) is 12.1 Å². The fourth-order valence-electron chi connectivity index (χ4n) is 4.02. The molecule has 0 aliphatic carbocycles. The lowest BCUT2D eigenvalue weighted by Crippen LogP contribution is -2.30. The van der Waals surface area contributed by atoms with Gasteiger partial charge < -0.3 is 19.5 Å². The molecule has 1 fully saturated rings. The van der Waals surface area contributed by atoms with E-state index in [1.807, 2.05) is 79.1 Å². The first-order valence-electron chi connectivity index (χ1n) is 9.99. The molecule has 7 heteroatoms. The molecule has 0 amide bonds. The molecule has 0 radical (unpaired) electrons. The number of hydrogen-bond acceptors (Lipinski definition) is 4. The Hall–Kier alpha value is -3.71. The van der Waals surface area contributed by atoms with Crippen LogP contribution in [0, 0.1) is 0 Å². The Labute approximate surface area is 186 Å². The molecule has 6 nitrogen and oxygen atoms in total. The zero-order chi connectivity index (χ0) is 21.2. The second-order valence-corrected chi connectivity index (χ2v) is 7.57. The minimum absolute atomic E-state index is 0.117. The van der Waals surface area contributed by atoms with E-state index in [0.29, 0.717) is 5.11 Å². The van der Waals surface area contributed by atoms with E-state index in [1.165, 1.54) is 0 Å². The first-order valence-corrected chi connectivity index (χ1v) is 10.4. The first kappa shape index (κ1) is 19.3. The van der Waals surface area contributed by atoms with Gasteiger partial charge in [0.15, 0.2) is 5.11 Å². The molecule has 0 bridgehead atoms. The van der Waals surface area contributed by atoms with Crippen molar-refractivity contribution in [1.29, 1.82) is 0 Å². The van der Waals surface area contributed by atoms with Crippen LogP contribution >= 0.6 is 12.2 Å². The summed E-state index contributed by atoms with van der Waals surface area (Å²) in [5.41, 5.74) is 2.98. The number of nitrogens with one attached hydrogen (secondary N) is 1. The Morgan fingerprint density at radius 1 is 0.903 bits per heavy atom. The molecule has 154 valence electrons. The van der Waals surface area contributed by atoms with Crippen LogP contribution in [-0.2, 0) is 0 Å². The van der Waals surface area contributed by atoms with Gasteiger partial charge in [0.1, 0.15) is 17.6 Å². The maximum absolute atomic E-state index is 5.80. The van der Waals surface area contributed by atoms with Gasteiger partial charge in [-0.25, -0.2) is 4.98 Å².